The number of halogens is 3. The van der Waals surface area contributed by atoms with Gasteiger partial charge in [0.15, 0.2) is 0 Å². The Hall–Kier alpha value is -2.38. The molecule has 0 radical (unpaired) electrons. The zero-order valence-electron chi connectivity index (χ0n) is 16.6. The Kier molecular flexibility index (Phi) is 6.11. The van der Waals surface area contributed by atoms with Gasteiger partial charge in [0.25, 0.3) is 0 Å². The average molecular weight is 436 g/mol. The predicted octanol–water partition coefficient (Wildman–Crippen LogP) is 4.77. The van der Waals surface area contributed by atoms with Crippen LogP contribution >= 0.6 is 11.6 Å². The van der Waals surface area contributed by atoms with Crippen LogP contribution in [0.3, 0.4) is 0 Å². The van der Waals surface area contributed by atoms with Crippen molar-refractivity contribution in [2.24, 2.45) is 0 Å². The summed E-state index contributed by atoms with van der Waals surface area (Å²) >= 11 is 5.87. The smallest absolute Gasteiger partial charge is 0.319 e. The molecule has 0 aromatic heterocycles. The van der Waals surface area contributed by atoms with Crippen LogP contribution in [-0.4, -0.2) is 43.2 Å². The number of hydrogen-bond acceptors (Lipinski definition) is 3. The van der Waals surface area contributed by atoms with Crippen molar-refractivity contribution in [3.63, 3.8) is 0 Å². The number of piperidine rings is 1. The molecule has 2 fully saturated rings. The van der Waals surface area contributed by atoms with E-state index in [0.717, 1.165) is 19.4 Å². The third-order valence-electron chi connectivity index (χ3n) is 5.79. The van der Waals surface area contributed by atoms with E-state index in [1.54, 1.807) is 24.3 Å². The van der Waals surface area contributed by atoms with E-state index in [1.165, 1.54) is 19.2 Å². The highest BCUT2D eigenvalue weighted by Crippen LogP contribution is 2.37. The minimum Gasteiger partial charge on any atom is -0.497 e. The van der Waals surface area contributed by atoms with Crippen LogP contribution in [0.2, 0.25) is 5.02 Å². The molecular weight excluding hydrogens is 412 g/mol. The summed E-state index contributed by atoms with van der Waals surface area (Å²) in [6.45, 7) is 1.28. The molecule has 8 heteroatoms. The summed E-state index contributed by atoms with van der Waals surface area (Å²) in [6.07, 6.45) is 2.82. The number of amides is 2. The van der Waals surface area contributed by atoms with Gasteiger partial charge in [-0.15, -0.1) is 0 Å². The number of methoxy groups -OCH3 is 1. The van der Waals surface area contributed by atoms with Gasteiger partial charge in [0.1, 0.15) is 17.4 Å². The number of benzene rings is 2. The molecule has 2 amide bonds. The molecule has 2 aromatic rings. The lowest BCUT2D eigenvalue weighted by Crippen LogP contribution is -2.51. The van der Waals surface area contributed by atoms with Crippen LogP contribution in [0.1, 0.15) is 30.7 Å². The molecule has 4 rings (SSSR count). The van der Waals surface area contributed by atoms with E-state index in [2.05, 4.69) is 15.5 Å². The van der Waals surface area contributed by atoms with E-state index in [9.17, 15) is 13.6 Å². The van der Waals surface area contributed by atoms with E-state index >= 15 is 0 Å². The maximum atomic E-state index is 14.8. The Balaban J connectivity index is 1.54. The van der Waals surface area contributed by atoms with Crippen molar-refractivity contribution in [3.8, 4) is 5.75 Å². The molecule has 30 heavy (non-hydrogen) atoms. The molecule has 0 spiro atoms. The molecule has 2 atom stereocenters. The van der Waals surface area contributed by atoms with Gasteiger partial charge in [-0.2, -0.15) is 0 Å². The molecule has 1 aliphatic heterocycles. The van der Waals surface area contributed by atoms with Crippen molar-refractivity contribution in [3.05, 3.63) is 58.6 Å². The fourth-order valence-corrected chi connectivity index (χ4v) is 4.24. The molecule has 5 nitrogen and oxygen atoms in total. The molecule has 2 aromatic carbocycles. The van der Waals surface area contributed by atoms with Crippen LogP contribution < -0.4 is 15.4 Å². The highest BCUT2D eigenvalue weighted by molar-refractivity contribution is 6.30. The summed E-state index contributed by atoms with van der Waals surface area (Å²) in [4.78, 5) is 14.8. The van der Waals surface area contributed by atoms with E-state index < -0.39 is 29.6 Å². The normalized spacial score (nSPS) is 21.9. The van der Waals surface area contributed by atoms with Crippen molar-refractivity contribution < 1.29 is 18.3 Å². The minimum atomic E-state index is -0.653. The van der Waals surface area contributed by atoms with Crippen molar-refractivity contribution in [1.29, 1.82) is 0 Å². The fraction of sp³-hybridized carbons (Fsp3) is 0.409. The summed E-state index contributed by atoms with van der Waals surface area (Å²) in [5.74, 6) is -1.67. The van der Waals surface area contributed by atoms with Crippen LogP contribution in [0.25, 0.3) is 0 Å². The second kappa shape index (κ2) is 8.78. The predicted molar refractivity (Wildman–Crippen MR) is 112 cm³/mol. The standard InChI is InChI=1S/C22H24ClF2N3O2/c1-30-16-10-18(24)21(19(25)11-16)17-12-28(15-6-7-15)9-8-20(17)27-22(29)26-14-4-2-13(23)3-5-14/h2-5,10-11,15,17,20H,6-9,12H2,1H3,(H2,26,27,29). The first kappa shape index (κ1) is 20.9. The Morgan fingerprint density at radius 1 is 1.13 bits per heavy atom. The Bertz CT molecular complexity index is 898. The molecule has 1 saturated heterocycles. The number of nitrogens with zero attached hydrogens (tertiary/aromatic N) is 1. The average Bonchev–Trinajstić information content (AvgIpc) is 3.55. The zero-order valence-corrected chi connectivity index (χ0v) is 17.4. The van der Waals surface area contributed by atoms with E-state index in [1.807, 2.05) is 0 Å². The summed E-state index contributed by atoms with van der Waals surface area (Å²) in [7, 11) is 1.37. The number of hydrogen-bond donors (Lipinski definition) is 2. The van der Waals surface area contributed by atoms with Gasteiger partial charge in [0, 0.05) is 59.5 Å². The summed E-state index contributed by atoms with van der Waals surface area (Å²) in [5.41, 5.74) is 0.587. The first-order valence-corrected chi connectivity index (χ1v) is 10.4. The van der Waals surface area contributed by atoms with Crippen molar-refractivity contribution in [2.75, 3.05) is 25.5 Å². The van der Waals surface area contributed by atoms with Crippen molar-refractivity contribution in [2.45, 2.75) is 37.3 Å². The molecule has 1 aliphatic carbocycles. The first-order chi connectivity index (χ1) is 14.4. The van der Waals surface area contributed by atoms with Crippen molar-refractivity contribution >= 4 is 23.3 Å². The highest BCUT2D eigenvalue weighted by atomic mass is 35.5. The molecule has 2 aliphatic rings. The number of rotatable bonds is 5. The number of anilines is 1. The van der Waals surface area contributed by atoms with Gasteiger partial charge in [-0.1, -0.05) is 11.6 Å². The van der Waals surface area contributed by atoms with Crippen LogP contribution in [0.4, 0.5) is 19.3 Å². The summed E-state index contributed by atoms with van der Waals surface area (Å²) in [5, 5.41) is 6.24. The van der Waals surface area contributed by atoms with E-state index in [-0.39, 0.29) is 11.3 Å². The Morgan fingerprint density at radius 3 is 2.40 bits per heavy atom. The topological polar surface area (TPSA) is 53.6 Å². The summed E-state index contributed by atoms with van der Waals surface area (Å²) < 4.78 is 34.7. The third-order valence-corrected chi connectivity index (χ3v) is 6.04. The largest absolute Gasteiger partial charge is 0.497 e. The number of urea groups is 1. The maximum absolute atomic E-state index is 14.8. The van der Waals surface area contributed by atoms with Gasteiger partial charge in [0.2, 0.25) is 0 Å². The fourth-order valence-electron chi connectivity index (χ4n) is 4.12. The lowest BCUT2D eigenvalue weighted by molar-refractivity contribution is 0.164. The van der Waals surface area contributed by atoms with Crippen LogP contribution in [0.5, 0.6) is 5.75 Å². The molecule has 160 valence electrons. The number of carbonyl (C=O) groups is 1. The Morgan fingerprint density at radius 2 is 1.80 bits per heavy atom. The summed E-state index contributed by atoms with van der Waals surface area (Å²) in [6, 6.07) is 8.79. The number of nitrogens with one attached hydrogen (secondary N) is 2. The first-order valence-electron chi connectivity index (χ1n) is 10.0. The van der Waals surface area contributed by atoms with E-state index in [4.69, 9.17) is 16.3 Å². The molecule has 0 bridgehead atoms. The Labute approximate surface area is 179 Å². The van der Waals surface area contributed by atoms with Crippen LogP contribution in [0, 0.1) is 11.6 Å². The van der Waals surface area contributed by atoms with Crippen LogP contribution in [0.15, 0.2) is 36.4 Å². The van der Waals surface area contributed by atoms with Gasteiger partial charge < -0.3 is 15.4 Å². The van der Waals surface area contributed by atoms with Gasteiger partial charge in [-0.3, -0.25) is 4.90 Å². The SMILES string of the molecule is COc1cc(F)c(C2CN(C3CC3)CCC2NC(=O)Nc2ccc(Cl)cc2)c(F)c1. The monoisotopic (exact) mass is 435 g/mol. The van der Waals surface area contributed by atoms with Crippen LogP contribution in [-0.2, 0) is 0 Å². The zero-order chi connectivity index (χ0) is 21.3. The second-order valence-corrected chi connectivity index (χ2v) is 8.27. The van der Waals surface area contributed by atoms with Crippen molar-refractivity contribution in [1.82, 2.24) is 10.2 Å². The van der Waals surface area contributed by atoms with Gasteiger partial charge >= 0.3 is 6.03 Å². The maximum Gasteiger partial charge on any atom is 0.319 e. The van der Waals surface area contributed by atoms with Gasteiger partial charge in [-0.25, -0.2) is 13.6 Å². The lowest BCUT2D eigenvalue weighted by atomic mass is 9.85. The minimum absolute atomic E-state index is 0.00190. The molecular formula is C22H24ClF2N3O2. The molecule has 2 N–H and O–H groups in total. The lowest BCUT2D eigenvalue weighted by Gasteiger charge is -2.39. The molecule has 1 saturated carbocycles. The molecule has 2 unspecified atom stereocenters. The van der Waals surface area contributed by atoms with Gasteiger partial charge in [-0.05, 0) is 43.5 Å². The van der Waals surface area contributed by atoms with E-state index in [0.29, 0.717) is 29.7 Å². The third kappa shape index (κ3) is 4.68. The van der Waals surface area contributed by atoms with Gasteiger partial charge in [0.05, 0.1) is 7.11 Å². The molecule has 1 heterocycles. The quantitative estimate of drug-likeness (QED) is 0.711. The second-order valence-electron chi connectivity index (χ2n) is 7.84. The number of ether oxygens (including phenoxy) is 1. The number of carbonyl (C=O) groups excluding carboxylic acids is 1. The number of likely N-dealkylation sites (tertiary alicyclic amines) is 1. The highest BCUT2D eigenvalue weighted by Gasteiger charge is 2.40.